The highest BCUT2D eigenvalue weighted by Crippen LogP contribution is 2.36. The largest absolute Gasteiger partial charge is 0.444 e. The molecule has 2 aromatic carbocycles. The zero-order chi connectivity index (χ0) is 30.2. The van der Waals surface area contributed by atoms with E-state index >= 15 is 4.39 Å². The summed E-state index contributed by atoms with van der Waals surface area (Å²) in [5.74, 6) is -6.59. The number of sulfone groups is 1. The van der Waals surface area contributed by atoms with Crippen molar-refractivity contribution in [2.45, 2.75) is 63.4 Å². The van der Waals surface area contributed by atoms with E-state index in [1.165, 1.54) is 24.3 Å². The summed E-state index contributed by atoms with van der Waals surface area (Å²) in [4.78, 5) is 39.1. The Labute approximate surface area is 233 Å². The van der Waals surface area contributed by atoms with E-state index in [4.69, 9.17) is 16.3 Å². The highest BCUT2D eigenvalue weighted by Gasteiger charge is 2.41. The summed E-state index contributed by atoms with van der Waals surface area (Å²) < 4.78 is 86.0. The van der Waals surface area contributed by atoms with Crippen LogP contribution in [0.1, 0.15) is 50.0 Å². The van der Waals surface area contributed by atoms with Crippen molar-refractivity contribution in [1.29, 1.82) is 0 Å². The van der Waals surface area contributed by atoms with Crippen LogP contribution in [0.5, 0.6) is 0 Å². The maximum Gasteiger partial charge on any atom is 0.408 e. The maximum atomic E-state index is 15.1. The first-order valence-corrected chi connectivity index (χ1v) is 14.0. The Balaban J connectivity index is 2.14. The van der Waals surface area contributed by atoms with Gasteiger partial charge in [0.05, 0.1) is 34.4 Å². The summed E-state index contributed by atoms with van der Waals surface area (Å²) in [5, 5.41) is 2.60. The number of nitrogens with zero attached hydrogens (tertiary/aromatic N) is 1. The topological polar surface area (TPSA) is 110 Å². The molecule has 0 saturated heterocycles. The van der Waals surface area contributed by atoms with Gasteiger partial charge >= 0.3 is 12.3 Å². The molecule has 40 heavy (non-hydrogen) atoms. The fraction of sp³-hybridized carbons (Fsp3) is 0.423. The van der Waals surface area contributed by atoms with Gasteiger partial charge in [-0.15, -0.1) is 0 Å². The molecular weight excluding hydrogens is 580 g/mol. The number of hydrogen-bond acceptors (Lipinski definition) is 6. The fourth-order valence-corrected chi connectivity index (χ4v) is 5.64. The average Bonchev–Trinajstić information content (AvgIpc) is 2.87. The van der Waals surface area contributed by atoms with Crippen LogP contribution in [0.15, 0.2) is 41.3 Å². The molecule has 0 saturated carbocycles. The minimum absolute atomic E-state index is 0.302. The molecule has 8 nitrogen and oxygen atoms in total. The van der Waals surface area contributed by atoms with Gasteiger partial charge in [-0.3, -0.25) is 9.59 Å². The van der Waals surface area contributed by atoms with Gasteiger partial charge in [0.25, 0.3) is 5.91 Å². The lowest BCUT2D eigenvalue weighted by atomic mass is 9.98. The van der Waals surface area contributed by atoms with E-state index < -0.39 is 85.5 Å². The molecule has 1 aliphatic heterocycles. The van der Waals surface area contributed by atoms with Crippen molar-refractivity contribution in [3.05, 3.63) is 58.4 Å². The lowest BCUT2D eigenvalue weighted by Crippen LogP contribution is -2.51. The summed E-state index contributed by atoms with van der Waals surface area (Å²) in [6.07, 6.45) is -6.90. The van der Waals surface area contributed by atoms with Crippen molar-refractivity contribution in [2.75, 3.05) is 10.7 Å². The molecule has 3 rings (SSSR count). The second kappa shape index (κ2) is 11.4. The van der Waals surface area contributed by atoms with Crippen LogP contribution in [0, 0.1) is 11.7 Å². The first kappa shape index (κ1) is 31.3. The van der Waals surface area contributed by atoms with Crippen LogP contribution in [-0.2, 0) is 25.9 Å². The minimum Gasteiger partial charge on any atom is -0.444 e. The number of benzene rings is 2. The van der Waals surface area contributed by atoms with Crippen molar-refractivity contribution >= 4 is 44.9 Å². The van der Waals surface area contributed by atoms with Crippen LogP contribution >= 0.6 is 11.6 Å². The SMILES string of the molecule is C[C@H](CC(=O)c1cc2c(cc1F)S(=O)(=O)C[C@H](NC(=O)OC(C)(C)C)C(=O)N2Cc1ccc(Cl)cc1)C(F)(F)F. The molecule has 0 fully saturated rings. The molecule has 0 spiro atoms. The number of nitrogens with one attached hydrogen (secondary N) is 1. The van der Waals surface area contributed by atoms with Gasteiger partial charge < -0.3 is 15.0 Å². The quantitative estimate of drug-likeness (QED) is 0.345. The highest BCUT2D eigenvalue weighted by molar-refractivity contribution is 7.91. The number of halogens is 5. The number of rotatable bonds is 6. The van der Waals surface area contributed by atoms with E-state index in [-0.39, 0.29) is 6.54 Å². The first-order chi connectivity index (χ1) is 18.3. The third kappa shape index (κ3) is 7.51. The Kier molecular flexibility index (Phi) is 8.90. The molecular formula is C26H27ClF4N2O6S. The zero-order valence-corrected chi connectivity index (χ0v) is 23.5. The second-order valence-electron chi connectivity index (χ2n) is 10.4. The molecule has 0 bridgehead atoms. The van der Waals surface area contributed by atoms with Crippen molar-refractivity contribution in [1.82, 2.24) is 5.32 Å². The number of anilines is 1. The number of carbonyl (C=O) groups is 3. The summed E-state index contributed by atoms with van der Waals surface area (Å²) in [7, 11) is -4.48. The molecule has 218 valence electrons. The van der Waals surface area contributed by atoms with Crippen molar-refractivity contribution in [3.63, 3.8) is 0 Å². The molecule has 1 heterocycles. The number of alkyl carbamates (subject to hydrolysis) is 1. The molecule has 2 amide bonds. The van der Waals surface area contributed by atoms with Crippen LogP contribution in [-0.4, -0.2) is 49.8 Å². The van der Waals surface area contributed by atoms with E-state index in [1.54, 1.807) is 20.8 Å². The predicted octanol–water partition coefficient (Wildman–Crippen LogP) is 5.46. The summed E-state index contributed by atoms with van der Waals surface area (Å²) in [6.45, 7) is 5.13. The third-order valence-electron chi connectivity index (χ3n) is 5.92. The minimum atomic E-state index is -4.72. The van der Waals surface area contributed by atoms with Crippen molar-refractivity contribution in [3.8, 4) is 0 Å². The Morgan fingerprint density at radius 3 is 2.30 bits per heavy atom. The monoisotopic (exact) mass is 606 g/mol. The fourth-order valence-electron chi connectivity index (χ4n) is 3.90. The number of amides is 2. The van der Waals surface area contributed by atoms with Gasteiger partial charge in [-0.1, -0.05) is 30.7 Å². The highest BCUT2D eigenvalue weighted by atomic mass is 35.5. The molecule has 1 aliphatic rings. The van der Waals surface area contributed by atoms with E-state index in [1.807, 2.05) is 0 Å². The number of alkyl halides is 3. The van der Waals surface area contributed by atoms with E-state index in [0.717, 1.165) is 17.9 Å². The number of fused-ring (bicyclic) bond motifs is 1. The van der Waals surface area contributed by atoms with Gasteiger partial charge in [0.2, 0.25) is 0 Å². The van der Waals surface area contributed by atoms with Gasteiger partial charge in [-0.05, 0) is 50.6 Å². The average molecular weight is 607 g/mol. The molecule has 0 unspecified atom stereocenters. The summed E-state index contributed by atoms with van der Waals surface area (Å²) in [6, 6.07) is 5.67. The van der Waals surface area contributed by atoms with Crippen molar-refractivity contribution < 1.29 is 45.1 Å². The predicted molar refractivity (Wildman–Crippen MR) is 138 cm³/mol. The second-order valence-corrected chi connectivity index (χ2v) is 12.8. The number of ketones is 1. The lowest BCUT2D eigenvalue weighted by molar-refractivity contribution is -0.168. The van der Waals surface area contributed by atoms with Gasteiger partial charge in [0.15, 0.2) is 15.6 Å². The standard InChI is InChI=1S/C26H27ClF4N2O6S/c1-14(26(29,30)31)9-21(34)17-10-20-22(11-18(17)28)40(37,38)13-19(32-24(36)39-25(2,3)4)23(35)33(20)12-15-5-7-16(27)8-6-15/h5-8,10-11,14,19H,9,12-13H2,1-4H3,(H,32,36)/t14-,19+/m1/s1. The number of hydrogen-bond donors (Lipinski definition) is 1. The van der Waals surface area contributed by atoms with Crippen LogP contribution in [0.4, 0.5) is 28.0 Å². The zero-order valence-electron chi connectivity index (χ0n) is 21.9. The first-order valence-electron chi connectivity index (χ1n) is 12.0. The lowest BCUT2D eigenvalue weighted by Gasteiger charge is -2.27. The molecule has 0 radical (unpaired) electrons. The van der Waals surface area contributed by atoms with Gasteiger partial charge in [0, 0.05) is 11.4 Å². The number of carbonyl (C=O) groups excluding carboxylic acids is 3. The van der Waals surface area contributed by atoms with Gasteiger partial charge in [-0.2, -0.15) is 13.2 Å². The number of ether oxygens (including phenoxy) is 1. The molecule has 2 atom stereocenters. The van der Waals surface area contributed by atoms with E-state index in [2.05, 4.69) is 5.32 Å². The molecule has 2 aromatic rings. The Bertz CT molecular complexity index is 1420. The normalized spacial score (nSPS) is 18.0. The Hall–Kier alpha value is -3.19. The van der Waals surface area contributed by atoms with E-state index in [9.17, 15) is 36.0 Å². The van der Waals surface area contributed by atoms with Crippen LogP contribution in [0.25, 0.3) is 0 Å². The summed E-state index contributed by atoms with van der Waals surface area (Å²) >= 11 is 5.93. The van der Waals surface area contributed by atoms with Crippen molar-refractivity contribution in [2.24, 2.45) is 5.92 Å². The van der Waals surface area contributed by atoms with Crippen LogP contribution < -0.4 is 10.2 Å². The van der Waals surface area contributed by atoms with Gasteiger partial charge in [0.1, 0.15) is 17.5 Å². The van der Waals surface area contributed by atoms with Crippen LogP contribution in [0.2, 0.25) is 5.02 Å². The molecule has 14 heteroatoms. The maximum absolute atomic E-state index is 15.1. The summed E-state index contributed by atoms with van der Waals surface area (Å²) in [5.41, 5.74) is -1.76. The smallest absolute Gasteiger partial charge is 0.408 e. The molecule has 1 N–H and O–H groups in total. The Morgan fingerprint density at radius 1 is 1.15 bits per heavy atom. The van der Waals surface area contributed by atoms with Gasteiger partial charge in [-0.25, -0.2) is 17.6 Å². The third-order valence-corrected chi connectivity index (χ3v) is 7.94. The van der Waals surface area contributed by atoms with E-state index in [0.29, 0.717) is 16.7 Å². The molecule has 0 aromatic heterocycles. The number of Topliss-reactive ketones (excluding diaryl/α,β-unsaturated/α-hetero) is 1. The van der Waals surface area contributed by atoms with Crippen LogP contribution in [0.3, 0.4) is 0 Å². The Morgan fingerprint density at radius 2 is 1.75 bits per heavy atom. The molecule has 0 aliphatic carbocycles.